The number of nitrogens with zero attached hydrogens (tertiary/aromatic N) is 1. The van der Waals surface area contributed by atoms with Crippen molar-refractivity contribution < 1.29 is 9.53 Å². The molecule has 1 heterocycles. The molecule has 136 valence electrons. The Balaban J connectivity index is 1.95. The fourth-order valence-corrected chi connectivity index (χ4v) is 3.52. The van der Waals surface area contributed by atoms with Crippen molar-refractivity contribution in [2.45, 2.75) is 39.7 Å². The number of aryl methyl sites for hydroxylation is 1. The smallest absolute Gasteiger partial charge is 0.327 e. The minimum atomic E-state index is -0.415. The standard InChI is InChI=1S/C22H26N2O2/c1-6-16-7-12-20-19(13-16)15(2)14-22(3,4)24(20)21(25)23-17-8-10-18(26-5)11-9-17/h7-14H,6H2,1-5H3,(H,23,25). The maximum absolute atomic E-state index is 13.1. The zero-order chi connectivity index (χ0) is 18.9. The summed E-state index contributed by atoms with van der Waals surface area (Å²) in [5.74, 6) is 0.761. The first kappa shape index (κ1) is 18.1. The van der Waals surface area contributed by atoms with E-state index in [1.165, 1.54) is 11.1 Å². The van der Waals surface area contributed by atoms with E-state index in [4.69, 9.17) is 4.74 Å². The molecule has 0 bridgehead atoms. The highest BCUT2D eigenvalue weighted by Crippen LogP contribution is 2.39. The number of allylic oxidation sites excluding steroid dienone is 1. The summed E-state index contributed by atoms with van der Waals surface area (Å²) in [4.78, 5) is 14.9. The largest absolute Gasteiger partial charge is 0.497 e. The lowest BCUT2D eigenvalue weighted by molar-refractivity contribution is 0.253. The molecule has 1 aliphatic heterocycles. The van der Waals surface area contributed by atoms with Crippen LogP contribution in [0.15, 0.2) is 48.5 Å². The average molecular weight is 350 g/mol. The highest BCUT2D eigenvalue weighted by atomic mass is 16.5. The highest BCUT2D eigenvalue weighted by molar-refractivity contribution is 6.06. The molecule has 0 saturated heterocycles. The number of benzene rings is 2. The number of amides is 2. The quantitative estimate of drug-likeness (QED) is 0.795. The first-order valence-electron chi connectivity index (χ1n) is 8.93. The van der Waals surface area contributed by atoms with Gasteiger partial charge in [0.15, 0.2) is 0 Å². The van der Waals surface area contributed by atoms with Crippen LogP contribution in [0, 0.1) is 0 Å². The Bertz CT molecular complexity index is 851. The molecular formula is C22H26N2O2. The number of anilines is 2. The number of hydrogen-bond acceptors (Lipinski definition) is 2. The molecule has 1 N–H and O–H groups in total. The normalized spacial score (nSPS) is 15.1. The summed E-state index contributed by atoms with van der Waals surface area (Å²) >= 11 is 0. The summed E-state index contributed by atoms with van der Waals surface area (Å²) < 4.78 is 5.17. The van der Waals surface area contributed by atoms with E-state index in [2.05, 4.69) is 57.3 Å². The number of rotatable bonds is 3. The predicted octanol–water partition coefficient (Wildman–Crippen LogP) is 5.49. The van der Waals surface area contributed by atoms with Crippen molar-refractivity contribution in [3.05, 3.63) is 59.7 Å². The van der Waals surface area contributed by atoms with Gasteiger partial charge < -0.3 is 10.1 Å². The van der Waals surface area contributed by atoms with E-state index in [0.717, 1.165) is 29.1 Å². The minimum absolute atomic E-state index is 0.144. The van der Waals surface area contributed by atoms with Gasteiger partial charge in [-0.1, -0.05) is 19.1 Å². The molecule has 26 heavy (non-hydrogen) atoms. The van der Waals surface area contributed by atoms with Crippen molar-refractivity contribution in [2.24, 2.45) is 0 Å². The molecule has 0 aromatic heterocycles. The van der Waals surface area contributed by atoms with Gasteiger partial charge >= 0.3 is 6.03 Å². The van der Waals surface area contributed by atoms with E-state index in [-0.39, 0.29) is 6.03 Å². The molecule has 2 amide bonds. The first-order chi connectivity index (χ1) is 12.4. The Labute approximate surface area is 155 Å². The number of ether oxygens (including phenoxy) is 1. The second kappa shape index (κ2) is 6.87. The minimum Gasteiger partial charge on any atom is -0.497 e. The van der Waals surface area contributed by atoms with Crippen LogP contribution in [0.1, 0.15) is 38.8 Å². The topological polar surface area (TPSA) is 41.6 Å². The second-order valence-electron chi connectivity index (χ2n) is 7.18. The van der Waals surface area contributed by atoms with E-state index in [0.29, 0.717) is 0 Å². The van der Waals surface area contributed by atoms with Crippen LogP contribution in [0.3, 0.4) is 0 Å². The number of urea groups is 1. The molecule has 2 aromatic rings. The molecule has 3 rings (SSSR count). The van der Waals surface area contributed by atoms with Crippen LogP contribution in [-0.2, 0) is 6.42 Å². The molecule has 2 aromatic carbocycles. The van der Waals surface area contributed by atoms with Crippen molar-refractivity contribution in [2.75, 3.05) is 17.3 Å². The fourth-order valence-electron chi connectivity index (χ4n) is 3.52. The molecule has 0 aliphatic carbocycles. The maximum atomic E-state index is 13.1. The van der Waals surface area contributed by atoms with Gasteiger partial charge in [-0.05, 0) is 74.7 Å². The summed E-state index contributed by atoms with van der Waals surface area (Å²) in [6.07, 6.45) is 3.13. The number of carbonyl (C=O) groups is 1. The van der Waals surface area contributed by atoms with Gasteiger partial charge in [0.25, 0.3) is 0 Å². The monoisotopic (exact) mass is 350 g/mol. The van der Waals surface area contributed by atoms with Gasteiger partial charge in [0.2, 0.25) is 0 Å². The number of methoxy groups -OCH3 is 1. The van der Waals surface area contributed by atoms with Gasteiger partial charge in [0, 0.05) is 11.3 Å². The Morgan fingerprint density at radius 2 is 1.85 bits per heavy atom. The van der Waals surface area contributed by atoms with Crippen molar-refractivity contribution in [3.8, 4) is 5.75 Å². The Morgan fingerprint density at radius 3 is 2.46 bits per heavy atom. The summed E-state index contributed by atoms with van der Waals surface area (Å²) in [6, 6.07) is 13.6. The van der Waals surface area contributed by atoms with Crippen molar-refractivity contribution in [1.82, 2.24) is 0 Å². The van der Waals surface area contributed by atoms with Crippen molar-refractivity contribution in [3.63, 3.8) is 0 Å². The van der Waals surface area contributed by atoms with Gasteiger partial charge in [-0.2, -0.15) is 0 Å². The number of carbonyl (C=O) groups excluding carboxylic acids is 1. The Hall–Kier alpha value is -2.75. The molecule has 4 nitrogen and oxygen atoms in total. The van der Waals surface area contributed by atoms with Crippen molar-refractivity contribution in [1.29, 1.82) is 0 Å². The third kappa shape index (κ3) is 3.32. The Morgan fingerprint density at radius 1 is 1.15 bits per heavy atom. The van der Waals surface area contributed by atoms with Crippen LogP contribution in [-0.4, -0.2) is 18.7 Å². The molecule has 1 aliphatic rings. The van der Waals surface area contributed by atoms with E-state index >= 15 is 0 Å². The fraction of sp³-hybridized carbons (Fsp3) is 0.318. The maximum Gasteiger partial charge on any atom is 0.327 e. The molecule has 0 spiro atoms. The van der Waals surface area contributed by atoms with E-state index in [1.54, 1.807) is 7.11 Å². The van der Waals surface area contributed by atoms with E-state index < -0.39 is 5.54 Å². The zero-order valence-corrected chi connectivity index (χ0v) is 16.1. The van der Waals surface area contributed by atoms with Crippen molar-refractivity contribution >= 4 is 23.0 Å². The summed E-state index contributed by atoms with van der Waals surface area (Å²) in [6.45, 7) is 8.36. The van der Waals surface area contributed by atoms with E-state index in [9.17, 15) is 4.79 Å². The molecule has 0 fully saturated rings. The lowest BCUT2D eigenvalue weighted by atomic mass is 9.88. The van der Waals surface area contributed by atoms with Gasteiger partial charge in [-0.3, -0.25) is 4.90 Å². The SMILES string of the molecule is CCc1ccc2c(c1)C(C)=CC(C)(C)N2C(=O)Nc1ccc(OC)cc1. The number of fused-ring (bicyclic) bond motifs is 1. The van der Waals surface area contributed by atoms with Crippen LogP contribution in [0.4, 0.5) is 16.2 Å². The van der Waals surface area contributed by atoms with E-state index in [1.807, 2.05) is 29.2 Å². The molecule has 0 radical (unpaired) electrons. The third-order valence-corrected chi connectivity index (χ3v) is 4.83. The van der Waals surface area contributed by atoms with Gasteiger partial charge in [-0.15, -0.1) is 0 Å². The lowest BCUT2D eigenvalue weighted by Gasteiger charge is -2.41. The predicted molar refractivity (Wildman–Crippen MR) is 108 cm³/mol. The summed E-state index contributed by atoms with van der Waals surface area (Å²) in [7, 11) is 1.62. The van der Waals surface area contributed by atoms with Crippen LogP contribution in [0.5, 0.6) is 5.75 Å². The van der Waals surface area contributed by atoms with Crippen LogP contribution in [0.2, 0.25) is 0 Å². The highest BCUT2D eigenvalue weighted by Gasteiger charge is 2.35. The molecular weight excluding hydrogens is 324 g/mol. The number of hydrogen-bond donors (Lipinski definition) is 1. The first-order valence-corrected chi connectivity index (χ1v) is 8.93. The van der Waals surface area contributed by atoms with Gasteiger partial charge in [0.05, 0.1) is 18.3 Å². The molecule has 0 atom stereocenters. The van der Waals surface area contributed by atoms with Crippen LogP contribution < -0.4 is 15.0 Å². The zero-order valence-electron chi connectivity index (χ0n) is 16.1. The number of nitrogens with one attached hydrogen (secondary N) is 1. The Kier molecular flexibility index (Phi) is 4.77. The van der Waals surface area contributed by atoms with Crippen LogP contribution in [0.25, 0.3) is 5.57 Å². The summed E-state index contributed by atoms with van der Waals surface area (Å²) in [5.41, 5.74) is 4.86. The second-order valence-corrected chi connectivity index (χ2v) is 7.18. The molecule has 4 heteroatoms. The summed E-state index contributed by atoms with van der Waals surface area (Å²) in [5, 5.41) is 3.01. The van der Waals surface area contributed by atoms with Gasteiger partial charge in [0.1, 0.15) is 5.75 Å². The molecule has 0 saturated carbocycles. The van der Waals surface area contributed by atoms with Crippen LogP contribution >= 0.6 is 0 Å². The van der Waals surface area contributed by atoms with Gasteiger partial charge in [-0.25, -0.2) is 4.79 Å². The lowest BCUT2D eigenvalue weighted by Crippen LogP contribution is -2.50. The molecule has 0 unspecified atom stereocenters. The average Bonchev–Trinajstić information content (AvgIpc) is 2.61. The third-order valence-electron chi connectivity index (χ3n) is 4.83.